The summed E-state index contributed by atoms with van der Waals surface area (Å²) in [5, 5.41) is 3.28. The fourth-order valence-electron chi connectivity index (χ4n) is 4.50. The predicted octanol–water partition coefficient (Wildman–Crippen LogP) is 0.487. The van der Waals surface area contributed by atoms with Crippen LogP contribution < -0.4 is 21.1 Å². The summed E-state index contributed by atoms with van der Waals surface area (Å²) in [6, 6.07) is -1.08. The van der Waals surface area contributed by atoms with Crippen molar-refractivity contribution in [2.24, 2.45) is 5.92 Å². The first-order valence-corrected chi connectivity index (χ1v) is 11.6. The number of hydrazine groups is 1. The van der Waals surface area contributed by atoms with E-state index in [2.05, 4.69) is 20.7 Å². The summed E-state index contributed by atoms with van der Waals surface area (Å²) >= 11 is 5.82. The predicted molar refractivity (Wildman–Crippen MR) is 116 cm³/mol. The number of halogens is 4. The summed E-state index contributed by atoms with van der Waals surface area (Å²) in [5.41, 5.74) is 4.51. The highest BCUT2D eigenvalue weighted by atomic mass is 35.5. The van der Waals surface area contributed by atoms with Gasteiger partial charge in [0.05, 0.1) is 36.0 Å². The topological polar surface area (TPSA) is 112 Å². The molecular weight excluding hydrogens is 479 g/mol. The minimum Gasteiger partial charge on any atom is -0.373 e. The van der Waals surface area contributed by atoms with Crippen LogP contribution in [-0.4, -0.2) is 90.4 Å². The van der Waals surface area contributed by atoms with Crippen molar-refractivity contribution in [2.75, 3.05) is 44.2 Å². The van der Waals surface area contributed by atoms with E-state index in [0.29, 0.717) is 50.0 Å². The van der Waals surface area contributed by atoms with Gasteiger partial charge in [-0.3, -0.25) is 15.0 Å². The van der Waals surface area contributed by atoms with Crippen LogP contribution in [0.25, 0.3) is 0 Å². The fourth-order valence-corrected chi connectivity index (χ4v) is 4.60. The molecule has 0 aromatic carbocycles. The Morgan fingerprint density at radius 2 is 1.85 bits per heavy atom. The number of alkyl halides is 3. The largest absolute Gasteiger partial charge is 0.402 e. The Balaban J connectivity index is 1.19. The second-order valence-electron chi connectivity index (χ2n) is 8.63. The summed E-state index contributed by atoms with van der Waals surface area (Å²) in [7, 11) is 0. The molecule has 4 rings (SSSR count). The van der Waals surface area contributed by atoms with Crippen LogP contribution >= 0.6 is 11.6 Å². The Morgan fingerprint density at radius 1 is 1.18 bits per heavy atom. The number of hydrogen-bond donors (Lipinski definition) is 3. The summed E-state index contributed by atoms with van der Waals surface area (Å²) < 4.78 is 45.6. The third kappa shape index (κ3) is 6.06. The van der Waals surface area contributed by atoms with Crippen LogP contribution in [0.2, 0.25) is 5.02 Å². The number of amides is 2. The molecule has 0 bridgehead atoms. The molecule has 34 heavy (non-hydrogen) atoms. The molecule has 0 saturated carbocycles. The molecule has 3 N–H and O–H groups in total. The second kappa shape index (κ2) is 10.6. The Labute approximate surface area is 199 Å². The maximum absolute atomic E-state index is 13.2. The van der Waals surface area contributed by atoms with Crippen molar-refractivity contribution in [3.63, 3.8) is 0 Å². The Kier molecular flexibility index (Phi) is 7.75. The van der Waals surface area contributed by atoms with Crippen molar-refractivity contribution in [2.45, 2.75) is 43.7 Å². The maximum atomic E-state index is 13.2. The van der Waals surface area contributed by atoms with Gasteiger partial charge < -0.3 is 19.9 Å². The number of ether oxygens (including phenoxy) is 1. The molecule has 1 aromatic rings. The van der Waals surface area contributed by atoms with Crippen molar-refractivity contribution >= 4 is 29.4 Å². The number of carbonyl (C=O) groups is 2. The van der Waals surface area contributed by atoms with E-state index in [1.165, 1.54) is 12.4 Å². The smallest absolute Gasteiger partial charge is 0.373 e. The van der Waals surface area contributed by atoms with Gasteiger partial charge >= 0.3 is 6.18 Å². The third-order valence-corrected chi connectivity index (χ3v) is 6.49. The van der Waals surface area contributed by atoms with Gasteiger partial charge in [-0.25, -0.2) is 15.4 Å². The van der Waals surface area contributed by atoms with E-state index in [9.17, 15) is 22.8 Å². The summed E-state index contributed by atoms with van der Waals surface area (Å²) in [6.45, 7) is 2.42. The van der Waals surface area contributed by atoms with Crippen molar-refractivity contribution in [3.05, 3.63) is 17.4 Å². The van der Waals surface area contributed by atoms with E-state index in [4.69, 9.17) is 16.3 Å². The van der Waals surface area contributed by atoms with Gasteiger partial charge in [0.2, 0.25) is 17.8 Å². The summed E-state index contributed by atoms with van der Waals surface area (Å²) in [6.07, 6.45) is -0.636. The second-order valence-corrected chi connectivity index (χ2v) is 9.07. The van der Waals surface area contributed by atoms with Gasteiger partial charge in [-0.15, -0.1) is 0 Å². The van der Waals surface area contributed by atoms with Crippen molar-refractivity contribution in [1.82, 2.24) is 31.0 Å². The van der Waals surface area contributed by atoms with Gasteiger partial charge in [0.1, 0.15) is 0 Å². The lowest BCUT2D eigenvalue weighted by molar-refractivity contribution is -0.193. The molecule has 3 aliphatic heterocycles. The SMILES string of the molecule is O=C1NNCC(NC[C@@H]2CC[C@H](CC(=O)N3CCN(c4ncc(Cl)cn4)CC3)O2)C1C(F)(F)F. The first-order chi connectivity index (χ1) is 16.2. The van der Waals surface area contributed by atoms with Crippen LogP contribution in [0, 0.1) is 5.92 Å². The highest BCUT2D eigenvalue weighted by Crippen LogP contribution is 2.30. The van der Waals surface area contributed by atoms with Gasteiger partial charge in [-0.05, 0) is 12.8 Å². The van der Waals surface area contributed by atoms with Crippen molar-refractivity contribution in [3.8, 4) is 0 Å². The average molecular weight is 506 g/mol. The minimum atomic E-state index is -4.64. The molecule has 3 saturated heterocycles. The van der Waals surface area contributed by atoms with Gasteiger partial charge in [-0.1, -0.05) is 11.6 Å². The van der Waals surface area contributed by atoms with E-state index in [1.807, 2.05) is 10.3 Å². The number of hydrogen-bond acceptors (Lipinski definition) is 8. The minimum absolute atomic E-state index is 0.0134. The van der Waals surface area contributed by atoms with Crippen molar-refractivity contribution < 1.29 is 27.5 Å². The number of nitrogens with one attached hydrogen (secondary N) is 3. The lowest BCUT2D eigenvalue weighted by Gasteiger charge is -2.35. The van der Waals surface area contributed by atoms with Gasteiger partial charge in [0, 0.05) is 45.3 Å². The van der Waals surface area contributed by atoms with Crippen LogP contribution in [0.3, 0.4) is 0 Å². The summed E-state index contributed by atoms with van der Waals surface area (Å²) in [5.74, 6) is -2.66. The maximum Gasteiger partial charge on any atom is 0.402 e. The lowest BCUT2D eigenvalue weighted by atomic mass is 9.96. The Hall–Kier alpha value is -2.22. The molecule has 2 amide bonds. The fraction of sp³-hybridized carbons (Fsp3) is 0.700. The van der Waals surface area contributed by atoms with Crippen LogP contribution in [-0.2, 0) is 14.3 Å². The van der Waals surface area contributed by atoms with Crippen LogP contribution in [0.5, 0.6) is 0 Å². The van der Waals surface area contributed by atoms with E-state index < -0.39 is 24.0 Å². The standard InChI is InChI=1S/C20H27ClF3N7O3/c21-12-8-26-19(27-9-12)31-5-3-30(4-6-31)16(32)7-13-1-2-14(34-13)10-25-15-11-28-29-18(33)17(15)20(22,23)24/h8-9,13-15,17,25,28H,1-7,10-11H2,(H,29,33)/t13-,14+,15?,17?/m1/s1. The zero-order chi connectivity index (χ0) is 24.3. The van der Waals surface area contributed by atoms with Crippen LogP contribution in [0.4, 0.5) is 19.1 Å². The van der Waals surface area contributed by atoms with Gasteiger partial charge in [-0.2, -0.15) is 13.2 Å². The third-order valence-electron chi connectivity index (χ3n) is 6.30. The molecule has 10 nitrogen and oxygen atoms in total. The van der Waals surface area contributed by atoms with E-state index >= 15 is 0 Å². The number of piperazine rings is 1. The van der Waals surface area contributed by atoms with Crippen LogP contribution in [0.15, 0.2) is 12.4 Å². The number of nitrogens with zero attached hydrogens (tertiary/aromatic N) is 4. The lowest BCUT2D eigenvalue weighted by Crippen LogP contribution is -2.64. The first kappa shape index (κ1) is 24.9. The van der Waals surface area contributed by atoms with Gasteiger partial charge in [0.25, 0.3) is 0 Å². The number of rotatable bonds is 6. The zero-order valence-corrected chi connectivity index (χ0v) is 19.1. The highest BCUT2D eigenvalue weighted by Gasteiger charge is 2.51. The zero-order valence-electron chi connectivity index (χ0n) is 18.4. The highest BCUT2D eigenvalue weighted by molar-refractivity contribution is 6.30. The summed E-state index contributed by atoms with van der Waals surface area (Å²) in [4.78, 5) is 36.6. The Morgan fingerprint density at radius 3 is 2.53 bits per heavy atom. The molecule has 14 heteroatoms. The molecule has 4 heterocycles. The molecule has 2 unspecified atom stereocenters. The number of anilines is 1. The molecule has 3 fully saturated rings. The number of aromatic nitrogens is 2. The van der Waals surface area contributed by atoms with Crippen molar-refractivity contribution in [1.29, 1.82) is 0 Å². The average Bonchev–Trinajstić information content (AvgIpc) is 3.24. The normalized spacial score (nSPS) is 28.2. The first-order valence-electron chi connectivity index (χ1n) is 11.2. The Bertz CT molecular complexity index is 868. The molecule has 3 aliphatic rings. The molecule has 0 aliphatic carbocycles. The van der Waals surface area contributed by atoms with E-state index in [1.54, 1.807) is 4.90 Å². The van der Waals surface area contributed by atoms with E-state index in [0.717, 1.165) is 0 Å². The molecule has 188 valence electrons. The molecule has 1 aromatic heterocycles. The molecule has 4 atom stereocenters. The number of carbonyl (C=O) groups excluding carboxylic acids is 2. The quantitative estimate of drug-likeness (QED) is 0.512. The van der Waals surface area contributed by atoms with Crippen LogP contribution in [0.1, 0.15) is 19.3 Å². The molecule has 0 radical (unpaired) electrons. The van der Waals surface area contributed by atoms with Gasteiger partial charge in [0.15, 0.2) is 5.92 Å². The molecule has 0 spiro atoms. The monoisotopic (exact) mass is 505 g/mol. The molecular formula is C20H27ClF3N7O3. The van der Waals surface area contributed by atoms with E-state index in [-0.39, 0.29) is 37.6 Å².